The van der Waals surface area contributed by atoms with Crippen molar-refractivity contribution in [1.82, 2.24) is 10.2 Å². The molecule has 0 bridgehead atoms. The van der Waals surface area contributed by atoms with Crippen molar-refractivity contribution in [1.29, 1.82) is 0 Å². The van der Waals surface area contributed by atoms with Crippen LogP contribution in [0.2, 0.25) is 0 Å². The van der Waals surface area contributed by atoms with E-state index in [1.165, 1.54) is 37.3 Å². The molecule has 4 aromatic rings. The lowest BCUT2D eigenvalue weighted by Crippen LogP contribution is -2.54. The molecule has 10 heteroatoms. The van der Waals surface area contributed by atoms with E-state index in [1.54, 1.807) is 12.1 Å². The van der Waals surface area contributed by atoms with Gasteiger partial charge in [-0.05, 0) is 86.7 Å². The zero-order valence-corrected chi connectivity index (χ0v) is 29.5. The fourth-order valence-corrected chi connectivity index (χ4v) is 7.05. The molecule has 0 fully saturated rings. The van der Waals surface area contributed by atoms with Gasteiger partial charge in [-0.2, -0.15) is 0 Å². The quantitative estimate of drug-likeness (QED) is 0.177. The molecular formula is C38H45N3O6S. The number of methoxy groups -OCH3 is 2. The fraction of sp³-hybridized carbons (Fsp3) is 0.316. The number of amides is 2. The second-order valence-corrected chi connectivity index (χ2v) is 14.1. The van der Waals surface area contributed by atoms with Gasteiger partial charge in [-0.25, -0.2) is 8.42 Å². The van der Waals surface area contributed by atoms with E-state index in [-0.39, 0.29) is 35.6 Å². The van der Waals surface area contributed by atoms with E-state index in [0.29, 0.717) is 11.4 Å². The van der Waals surface area contributed by atoms with Crippen molar-refractivity contribution in [3.05, 3.63) is 119 Å². The topological polar surface area (TPSA) is 105 Å². The highest BCUT2D eigenvalue weighted by atomic mass is 32.2. The maximum atomic E-state index is 14.7. The number of rotatable bonds is 14. The van der Waals surface area contributed by atoms with Crippen LogP contribution < -0.4 is 19.1 Å². The Labute approximate surface area is 284 Å². The predicted octanol–water partition coefficient (Wildman–Crippen LogP) is 5.99. The van der Waals surface area contributed by atoms with Crippen molar-refractivity contribution < 1.29 is 27.5 Å². The maximum Gasteiger partial charge on any atom is 0.264 e. The first-order chi connectivity index (χ1) is 22.8. The summed E-state index contributed by atoms with van der Waals surface area (Å²) in [7, 11) is -1.43. The molecule has 4 aromatic carbocycles. The SMILES string of the molecule is COc1ccc(S(=O)(=O)N(CC(=O)N(Cc2ccccc2C)C(Cc2ccccc2)C(=O)NC(C)C)c2cc(C)cc(C)c2)cc1OC. The van der Waals surface area contributed by atoms with Gasteiger partial charge in [0, 0.05) is 25.1 Å². The molecule has 0 saturated carbocycles. The minimum atomic E-state index is -4.33. The van der Waals surface area contributed by atoms with Gasteiger partial charge in [0.2, 0.25) is 11.8 Å². The van der Waals surface area contributed by atoms with Crippen LogP contribution in [0, 0.1) is 20.8 Å². The van der Waals surface area contributed by atoms with Gasteiger partial charge in [0.25, 0.3) is 10.0 Å². The molecule has 0 aliphatic carbocycles. The number of nitrogens with zero attached hydrogens (tertiary/aromatic N) is 2. The fourth-order valence-electron chi connectivity index (χ4n) is 5.63. The van der Waals surface area contributed by atoms with Crippen molar-refractivity contribution in [3.63, 3.8) is 0 Å². The number of sulfonamides is 1. The summed E-state index contributed by atoms with van der Waals surface area (Å²) in [5.74, 6) is -0.243. The van der Waals surface area contributed by atoms with E-state index < -0.39 is 28.5 Å². The average molecular weight is 672 g/mol. The van der Waals surface area contributed by atoms with Gasteiger partial charge < -0.3 is 19.7 Å². The van der Waals surface area contributed by atoms with Crippen LogP contribution in [0.3, 0.4) is 0 Å². The first-order valence-corrected chi connectivity index (χ1v) is 17.3. The molecule has 0 heterocycles. The van der Waals surface area contributed by atoms with Crippen LogP contribution in [0.5, 0.6) is 11.5 Å². The lowest BCUT2D eigenvalue weighted by Gasteiger charge is -2.34. The summed E-state index contributed by atoms with van der Waals surface area (Å²) in [6, 6.07) is 25.8. The van der Waals surface area contributed by atoms with E-state index in [1.807, 2.05) is 95.3 Å². The van der Waals surface area contributed by atoms with Crippen LogP contribution in [0.25, 0.3) is 0 Å². The molecule has 1 N–H and O–H groups in total. The van der Waals surface area contributed by atoms with E-state index in [4.69, 9.17) is 9.47 Å². The minimum Gasteiger partial charge on any atom is -0.493 e. The van der Waals surface area contributed by atoms with Crippen molar-refractivity contribution in [2.45, 2.75) is 64.6 Å². The second kappa shape index (κ2) is 15.8. The van der Waals surface area contributed by atoms with E-state index in [9.17, 15) is 18.0 Å². The molecule has 1 atom stereocenters. The second-order valence-electron chi connectivity index (χ2n) is 12.2. The number of hydrogen-bond donors (Lipinski definition) is 1. The van der Waals surface area contributed by atoms with Crippen molar-refractivity contribution in [2.24, 2.45) is 0 Å². The summed E-state index contributed by atoms with van der Waals surface area (Å²) in [6.07, 6.45) is 0.239. The average Bonchev–Trinajstić information content (AvgIpc) is 3.05. The highest BCUT2D eigenvalue weighted by Crippen LogP contribution is 2.33. The number of carbonyl (C=O) groups excluding carboxylic acids is 2. The van der Waals surface area contributed by atoms with Crippen LogP contribution in [-0.4, -0.2) is 58.0 Å². The van der Waals surface area contributed by atoms with Crippen molar-refractivity contribution in [2.75, 3.05) is 25.1 Å². The highest BCUT2D eigenvalue weighted by molar-refractivity contribution is 7.92. The smallest absolute Gasteiger partial charge is 0.264 e. The number of ether oxygens (including phenoxy) is 2. The largest absolute Gasteiger partial charge is 0.493 e. The molecule has 254 valence electrons. The van der Waals surface area contributed by atoms with Crippen LogP contribution in [0.4, 0.5) is 5.69 Å². The zero-order chi connectivity index (χ0) is 35.0. The van der Waals surface area contributed by atoms with Gasteiger partial charge >= 0.3 is 0 Å². The van der Waals surface area contributed by atoms with Gasteiger partial charge in [0.15, 0.2) is 11.5 Å². The van der Waals surface area contributed by atoms with E-state index >= 15 is 0 Å². The number of nitrogens with one attached hydrogen (secondary N) is 1. The predicted molar refractivity (Wildman–Crippen MR) is 189 cm³/mol. The zero-order valence-electron chi connectivity index (χ0n) is 28.7. The molecule has 0 aliphatic heterocycles. The Hall–Kier alpha value is -4.83. The summed E-state index contributed by atoms with van der Waals surface area (Å²) in [5.41, 5.74) is 4.66. The molecule has 4 rings (SSSR count). The number of anilines is 1. The Morgan fingerprint density at radius 2 is 1.42 bits per heavy atom. The highest BCUT2D eigenvalue weighted by Gasteiger charge is 2.35. The maximum absolute atomic E-state index is 14.7. The molecule has 1 unspecified atom stereocenters. The van der Waals surface area contributed by atoms with E-state index in [2.05, 4.69) is 5.32 Å². The molecule has 2 amide bonds. The summed E-state index contributed by atoms with van der Waals surface area (Å²) in [5, 5.41) is 2.99. The molecule has 0 aromatic heterocycles. The molecule has 9 nitrogen and oxygen atoms in total. The lowest BCUT2D eigenvalue weighted by molar-refractivity contribution is -0.140. The minimum absolute atomic E-state index is 0.0732. The van der Waals surface area contributed by atoms with Crippen LogP contribution in [0.1, 0.15) is 41.7 Å². The monoisotopic (exact) mass is 671 g/mol. The molecule has 0 saturated heterocycles. The third-order valence-corrected chi connectivity index (χ3v) is 9.79. The third-order valence-electron chi connectivity index (χ3n) is 8.02. The summed E-state index contributed by atoms with van der Waals surface area (Å²) in [6.45, 7) is 8.97. The molecule has 0 radical (unpaired) electrons. The number of benzene rings is 4. The Morgan fingerprint density at radius 1 is 0.792 bits per heavy atom. The van der Waals surface area contributed by atoms with Gasteiger partial charge in [-0.1, -0.05) is 60.7 Å². The van der Waals surface area contributed by atoms with Crippen molar-refractivity contribution in [3.8, 4) is 11.5 Å². The first-order valence-electron chi connectivity index (χ1n) is 15.8. The van der Waals surface area contributed by atoms with Crippen LogP contribution >= 0.6 is 0 Å². The van der Waals surface area contributed by atoms with E-state index in [0.717, 1.165) is 32.1 Å². The van der Waals surface area contributed by atoms with Crippen LogP contribution in [-0.2, 0) is 32.6 Å². The summed E-state index contributed by atoms with van der Waals surface area (Å²) in [4.78, 5) is 30.1. The summed E-state index contributed by atoms with van der Waals surface area (Å²) >= 11 is 0. The Balaban J connectivity index is 1.86. The van der Waals surface area contributed by atoms with Gasteiger partial charge in [0.05, 0.1) is 24.8 Å². The number of carbonyl (C=O) groups is 2. The first kappa shape index (κ1) is 36.0. The Kier molecular flexibility index (Phi) is 11.9. The van der Waals surface area contributed by atoms with Gasteiger partial charge in [0.1, 0.15) is 12.6 Å². The summed E-state index contributed by atoms with van der Waals surface area (Å²) < 4.78 is 40.9. The molecule has 0 spiro atoms. The normalized spacial score (nSPS) is 11.9. The van der Waals surface area contributed by atoms with Crippen molar-refractivity contribution >= 4 is 27.5 Å². The molecule has 48 heavy (non-hydrogen) atoms. The Morgan fingerprint density at radius 3 is 2.02 bits per heavy atom. The number of hydrogen-bond acceptors (Lipinski definition) is 6. The molecule has 0 aliphatic rings. The lowest BCUT2D eigenvalue weighted by atomic mass is 10.0. The van der Waals surface area contributed by atoms with Gasteiger partial charge in [-0.3, -0.25) is 13.9 Å². The molecular weight excluding hydrogens is 627 g/mol. The van der Waals surface area contributed by atoms with Crippen LogP contribution in [0.15, 0.2) is 95.9 Å². The Bertz CT molecular complexity index is 1820. The third kappa shape index (κ3) is 8.74. The number of aryl methyl sites for hydroxylation is 3. The standard InChI is InChI=1S/C38H45N3O6S/c1-26(2)39-38(43)34(22-30-14-9-8-10-15-30)40(24-31-16-12-11-13-29(31)5)37(42)25-41(32-20-27(3)19-28(4)21-32)48(44,45)33-17-18-35(46-6)36(23-33)47-7/h8-21,23,26,34H,22,24-25H2,1-7H3,(H,39,43). The van der Waals surface area contributed by atoms with Gasteiger partial charge in [-0.15, -0.1) is 0 Å².